The van der Waals surface area contributed by atoms with Crippen LogP contribution in [0, 0.1) is 0 Å². The quantitative estimate of drug-likeness (QED) is 0.503. The van der Waals surface area contributed by atoms with Gasteiger partial charge in [0.15, 0.2) is 5.92 Å². The fraction of sp³-hybridized carbons (Fsp3) is 0.412. The second kappa shape index (κ2) is 6.31. The van der Waals surface area contributed by atoms with Crippen LogP contribution in [0.1, 0.15) is 25.3 Å². The Morgan fingerprint density at radius 3 is 2.35 bits per heavy atom. The maximum atomic E-state index is 12.5. The van der Waals surface area contributed by atoms with Crippen LogP contribution in [0.15, 0.2) is 30.3 Å². The molecule has 3 rings (SSSR count). The zero-order valence-electron chi connectivity index (χ0n) is 14.1. The number of benzene rings is 1. The molecule has 0 bridgehead atoms. The average Bonchev–Trinajstić information content (AvgIpc) is 2.82. The molecular formula is C17H18N2O6S. The molecule has 2 fully saturated rings. The van der Waals surface area contributed by atoms with Crippen LogP contribution in [0.2, 0.25) is 0 Å². The Bertz CT molecular complexity index is 781. The van der Waals surface area contributed by atoms with E-state index in [1.54, 1.807) is 32.0 Å². The van der Waals surface area contributed by atoms with Gasteiger partial charge in [0.2, 0.25) is 11.8 Å². The number of fused-ring (bicyclic) bond motifs is 1. The van der Waals surface area contributed by atoms with Crippen molar-refractivity contribution in [1.29, 1.82) is 0 Å². The fourth-order valence-corrected chi connectivity index (χ4v) is 5.06. The summed E-state index contributed by atoms with van der Waals surface area (Å²) in [7, 11) is 0. The van der Waals surface area contributed by atoms with Gasteiger partial charge in [0.05, 0.1) is 0 Å². The number of carbonyl (C=O) groups excluding carboxylic acids is 2. The van der Waals surface area contributed by atoms with Crippen LogP contribution in [0.3, 0.4) is 0 Å². The summed E-state index contributed by atoms with van der Waals surface area (Å²) in [6.07, 6.45) is 0. The first-order chi connectivity index (χ1) is 12.1. The van der Waals surface area contributed by atoms with Crippen molar-refractivity contribution in [2.75, 3.05) is 0 Å². The first-order valence-corrected chi connectivity index (χ1v) is 8.84. The third-order valence-electron chi connectivity index (χ3n) is 4.61. The first kappa shape index (κ1) is 18.2. The molecule has 3 N–H and O–H groups in total. The van der Waals surface area contributed by atoms with Gasteiger partial charge in [0.1, 0.15) is 17.5 Å². The highest BCUT2D eigenvalue weighted by molar-refractivity contribution is 8.01. The number of hydrogen-bond acceptors (Lipinski definition) is 5. The van der Waals surface area contributed by atoms with E-state index in [0.29, 0.717) is 5.56 Å². The summed E-state index contributed by atoms with van der Waals surface area (Å²) in [6.45, 7) is 3.45. The molecule has 0 unspecified atom stereocenters. The predicted octanol–water partition coefficient (Wildman–Crippen LogP) is 0.486. The lowest BCUT2D eigenvalue weighted by molar-refractivity contribution is -0.161. The maximum absolute atomic E-state index is 12.5. The van der Waals surface area contributed by atoms with E-state index < -0.39 is 51.9 Å². The molecule has 1 aromatic carbocycles. The third kappa shape index (κ3) is 2.82. The summed E-state index contributed by atoms with van der Waals surface area (Å²) in [5, 5.41) is 20.8. The maximum Gasteiger partial charge on any atom is 0.327 e. The van der Waals surface area contributed by atoms with Gasteiger partial charge in [-0.1, -0.05) is 30.3 Å². The minimum atomic E-state index is -1.44. The molecule has 2 aliphatic rings. The summed E-state index contributed by atoms with van der Waals surface area (Å²) in [4.78, 5) is 49.2. The predicted molar refractivity (Wildman–Crippen MR) is 92.5 cm³/mol. The van der Waals surface area contributed by atoms with E-state index in [9.17, 15) is 29.4 Å². The van der Waals surface area contributed by atoms with E-state index in [0.717, 1.165) is 0 Å². The summed E-state index contributed by atoms with van der Waals surface area (Å²) < 4.78 is -0.711. The van der Waals surface area contributed by atoms with Crippen molar-refractivity contribution < 1.29 is 29.4 Å². The number of carboxylic acid groups (broad SMARTS) is 2. The van der Waals surface area contributed by atoms with Gasteiger partial charge in [0, 0.05) is 4.75 Å². The third-order valence-corrected chi connectivity index (χ3v) is 6.19. The van der Waals surface area contributed by atoms with Gasteiger partial charge < -0.3 is 20.4 Å². The SMILES string of the molecule is CC1(C)S[C@H]2[C@H](NC(=O)[C@H](C(=O)O)c3ccccc3)C(=O)N2[C@@H]1C(=O)O. The van der Waals surface area contributed by atoms with Gasteiger partial charge in [-0.2, -0.15) is 0 Å². The van der Waals surface area contributed by atoms with E-state index in [2.05, 4.69) is 5.32 Å². The highest BCUT2D eigenvalue weighted by Gasteiger charge is 2.64. The molecule has 0 aromatic heterocycles. The first-order valence-electron chi connectivity index (χ1n) is 7.96. The van der Waals surface area contributed by atoms with Crippen molar-refractivity contribution in [3.05, 3.63) is 35.9 Å². The van der Waals surface area contributed by atoms with Crippen molar-refractivity contribution in [2.45, 2.75) is 42.0 Å². The zero-order chi connectivity index (χ0) is 19.2. The lowest BCUT2D eigenvalue weighted by Gasteiger charge is -2.43. The van der Waals surface area contributed by atoms with Gasteiger partial charge in [-0.25, -0.2) is 4.79 Å². The van der Waals surface area contributed by atoms with Gasteiger partial charge in [0.25, 0.3) is 0 Å². The van der Waals surface area contributed by atoms with Crippen LogP contribution in [-0.4, -0.2) is 61.1 Å². The molecule has 1 aromatic rings. The van der Waals surface area contributed by atoms with Crippen molar-refractivity contribution in [3.8, 4) is 0 Å². The van der Waals surface area contributed by atoms with Gasteiger partial charge in [-0.05, 0) is 19.4 Å². The van der Waals surface area contributed by atoms with E-state index in [-0.39, 0.29) is 0 Å². The van der Waals surface area contributed by atoms with Gasteiger partial charge in [-0.15, -0.1) is 11.8 Å². The molecular weight excluding hydrogens is 360 g/mol. The number of nitrogens with zero attached hydrogens (tertiary/aromatic N) is 1. The Kier molecular flexibility index (Phi) is 4.43. The number of nitrogens with one attached hydrogen (secondary N) is 1. The van der Waals surface area contributed by atoms with Crippen molar-refractivity contribution in [2.24, 2.45) is 0 Å². The molecule has 2 saturated heterocycles. The highest BCUT2D eigenvalue weighted by Crippen LogP contribution is 2.50. The molecule has 0 radical (unpaired) electrons. The van der Waals surface area contributed by atoms with E-state index >= 15 is 0 Å². The Morgan fingerprint density at radius 2 is 1.81 bits per heavy atom. The number of rotatable bonds is 5. The van der Waals surface area contributed by atoms with Crippen molar-refractivity contribution in [3.63, 3.8) is 0 Å². The number of amides is 2. The molecule has 138 valence electrons. The zero-order valence-corrected chi connectivity index (χ0v) is 14.9. The van der Waals surface area contributed by atoms with Crippen LogP contribution in [0.5, 0.6) is 0 Å². The van der Waals surface area contributed by atoms with Gasteiger partial charge in [-0.3, -0.25) is 14.4 Å². The van der Waals surface area contributed by atoms with E-state index in [1.807, 2.05) is 0 Å². The minimum absolute atomic E-state index is 0.309. The average molecular weight is 378 g/mol. The summed E-state index contributed by atoms with van der Waals surface area (Å²) in [5.41, 5.74) is 0.309. The van der Waals surface area contributed by atoms with Crippen LogP contribution >= 0.6 is 11.8 Å². The molecule has 0 saturated carbocycles. The number of carbonyl (C=O) groups is 4. The molecule has 0 aliphatic carbocycles. The molecule has 2 amide bonds. The van der Waals surface area contributed by atoms with Crippen LogP contribution < -0.4 is 5.32 Å². The minimum Gasteiger partial charge on any atom is -0.480 e. The lowest BCUT2D eigenvalue weighted by Crippen LogP contribution is -2.71. The highest BCUT2D eigenvalue weighted by atomic mass is 32.2. The van der Waals surface area contributed by atoms with E-state index in [4.69, 9.17) is 0 Å². The molecule has 0 spiro atoms. The molecule has 4 atom stereocenters. The number of hydrogen-bond donors (Lipinski definition) is 3. The molecule has 26 heavy (non-hydrogen) atoms. The smallest absolute Gasteiger partial charge is 0.327 e. The second-order valence-electron chi connectivity index (χ2n) is 6.77. The molecule has 9 heteroatoms. The Hall–Kier alpha value is -2.55. The number of β-lactam (4-membered cyclic amide) rings is 1. The number of carboxylic acids is 2. The molecule has 2 heterocycles. The molecule has 2 aliphatic heterocycles. The standard InChI is InChI=1S/C17H18N2O6S/c1-17(2)11(16(24)25)19-13(21)10(14(19)26-17)18-12(20)9(15(22)23)8-6-4-3-5-7-8/h3-7,9-11,14H,1-2H3,(H,18,20)(H,22,23)(H,24,25)/t9-,10-,11-,14+/m1/s1. The van der Waals surface area contributed by atoms with Crippen molar-refractivity contribution in [1.82, 2.24) is 10.2 Å². The van der Waals surface area contributed by atoms with Crippen LogP contribution in [-0.2, 0) is 19.2 Å². The Balaban J connectivity index is 1.78. The van der Waals surface area contributed by atoms with Crippen LogP contribution in [0.4, 0.5) is 0 Å². The Morgan fingerprint density at radius 1 is 1.19 bits per heavy atom. The van der Waals surface area contributed by atoms with Gasteiger partial charge >= 0.3 is 11.9 Å². The van der Waals surface area contributed by atoms with Crippen molar-refractivity contribution >= 4 is 35.5 Å². The van der Waals surface area contributed by atoms with E-state index in [1.165, 1.54) is 28.8 Å². The topological polar surface area (TPSA) is 124 Å². The summed E-state index contributed by atoms with van der Waals surface area (Å²) >= 11 is 1.29. The summed E-state index contributed by atoms with van der Waals surface area (Å²) in [5.74, 6) is -5.16. The lowest BCUT2D eigenvalue weighted by atomic mass is 9.94. The molecule has 8 nitrogen and oxygen atoms in total. The monoisotopic (exact) mass is 378 g/mol. The number of aliphatic carboxylic acids is 2. The Labute approximate surface area is 153 Å². The fourth-order valence-electron chi connectivity index (χ4n) is 3.43. The summed E-state index contributed by atoms with van der Waals surface area (Å²) in [6, 6.07) is 6.10. The number of thioether (sulfide) groups is 1. The van der Waals surface area contributed by atoms with Crippen LogP contribution in [0.25, 0.3) is 0 Å². The normalized spacial score (nSPS) is 27.2. The largest absolute Gasteiger partial charge is 0.480 e. The second-order valence-corrected chi connectivity index (χ2v) is 8.54.